The van der Waals surface area contributed by atoms with Gasteiger partial charge in [0.15, 0.2) is 0 Å². The Kier molecular flexibility index (Phi) is 7.23. The minimum absolute atomic E-state index is 0.138. The Balaban J connectivity index is 1.44. The van der Waals surface area contributed by atoms with Gasteiger partial charge in [0, 0.05) is 18.8 Å². The Morgan fingerprint density at radius 1 is 0.818 bits per heavy atom. The van der Waals surface area contributed by atoms with Gasteiger partial charge in [-0.15, -0.1) is 0 Å². The predicted octanol–water partition coefficient (Wildman–Crippen LogP) is 4.18. The van der Waals surface area contributed by atoms with Crippen LogP contribution in [0.3, 0.4) is 0 Å². The molecule has 33 heavy (non-hydrogen) atoms. The van der Waals surface area contributed by atoms with Gasteiger partial charge in [0.2, 0.25) is 15.9 Å². The van der Waals surface area contributed by atoms with E-state index in [0.29, 0.717) is 18.8 Å². The molecular weight excluding hydrogens is 434 g/mol. The molecule has 1 fully saturated rings. The highest BCUT2D eigenvalue weighted by Crippen LogP contribution is 2.24. The van der Waals surface area contributed by atoms with Crippen molar-refractivity contribution < 1.29 is 13.2 Å². The lowest BCUT2D eigenvalue weighted by Crippen LogP contribution is -2.40. The van der Waals surface area contributed by atoms with Gasteiger partial charge in [0.05, 0.1) is 17.0 Å². The van der Waals surface area contributed by atoms with Crippen LogP contribution in [0.1, 0.15) is 36.9 Å². The third-order valence-corrected chi connectivity index (χ3v) is 7.81. The molecule has 0 radical (unpaired) electrons. The first-order chi connectivity index (χ1) is 15.9. The van der Waals surface area contributed by atoms with Crippen molar-refractivity contribution in [1.29, 1.82) is 0 Å². The molecule has 0 bridgehead atoms. The average molecular weight is 464 g/mol. The predicted molar refractivity (Wildman–Crippen MR) is 130 cm³/mol. The number of benzene rings is 3. The first kappa shape index (κ1) is 23.2. The monoisotopic (exact) mass is 463 g/mol. The van der Waals surface area contributed by atoms with Crippen LogP contribution in [0.4, 0.5) is 5.69 Å². The summed E-state index contributed by atoms with van der Waals surface area (Å²) in [6.45, 7) is 2.95. The summed E-state index contributed by atoms with van der Waals surface area (Å²) in [5, 5.41) is 6.32. The van der Waals surface area contributed by atoms with Crippen LogP contribution in [-0.4, -0.2) is 37.8 Å². The number of nitrogens with zero attached hydrogens (tertiary/aromatic N) is 1. The van der Waals surface area contributed by atoms with Gasteiger partial charge in [0.25, 0.3) is 0 Å². The molecule has 1 heterocycles. The fraction of sp³-hybridized carbons (Fsp3) is 0.269. The summed E-state index contributed by atoms with van der Waals surface area (Å²) in [6, 6.07) is 25.8. The Morgan fingerprint density at radius 3 is 1.85 bits per heavy atom. The summed E-state index contributed by atoms with van der Waals surface area (Å²) in [5.74, 6) is -0.193. The molecule has 4 rings (SSSR count). The van der Waals surface area contributed by atoms with Crippen molar-refractivity contribution in [2.24, 2.45) is 0 Å². The maximum absolute atomic E-state index is 12.9. The van der Waals surface area contributed by atoms with Crippen LogP contribution in [0.25, 0.3) is 0 Å². The molecule has 0 aromatic heterocycles. The van der Waals surface area contributed by atoms with E-state index >= 15 is 0 Å². The van der Waals surface area contributed by atoms with Crippen molar-refractivity contribution in [3.8, 4) is 0 Å². The number of amides is 1. The lowest BCUT2D eigenvalue weighted by molar-refractivity contribution is -0.117. The van der Waals surface area contributed by atoms with E-state index in [1.54, 1.807) is 24.3 Å². The summed E-state index contributed by atoms with van der Waals surface area (Å²) in [4.78, 5) is 13.2. The first-order valence-electron chi connectivity index (χ1n) is 11.2. The van der Waals surface area contributed by atoms with E-state index in [1.165, 1.54) is 4.31 Å². The maximum Gasteiger partial charge on any atom is 0.243 e. The molecule has 1 atom stereocenters. The van der Waals surface area contributed by atoms with E-state index in [9.17, 15) is 13.2 Å². The van der Waals surface area contributed by atoms with E-state index in [2.05, 4.69) is 10.6 Å². The standard InChI is InChI=1S/C26H29N3O3S/c1-20(27-25(21-10-4-2-5-11-21)22-12-6-3-7-13-22)26(30)28-23-14-16-24(17-15-23)33(31,32)29-18-8-9-19-29/h2-7,10-17,20,25,27H,8-9,18-19H2,1H3,(H,28,30)/t20-/m0/s1. The molecule has 1 saturated heterocycles. The molecule has 0 saturated carbocycles. The maximum atomic E-state index is 12.9. The van der Waals surface area contributed by atoms with Gasteiger partial charge < -0.3 is 5.32 Å². The first-order valence-corrected chi connectivity index (χ1v) is 12.7. The van der Waals surface area contributed by atoms with Crippen LogP contribution in [0.5, 0.6) is 0 Å². The van der Waals surface area contributed by atoms with Crippen molar-refractivity contribution in [3.63, 3.8) is 0 Å². The zero-order chi connectivity index (χ0) is 23.3. The molecule has 6 nitrogen and oxygen atoms in total. The van der Waals surface area contributed by atoms with Crippen molar-refractivity contribution in [3.05, 3.63) is 96.1 Å². The van der Waals surface area contributed by atoms with Gasteiger partial charge in [-0.1, -0.05) is 60.7 Å². The summed E-state index contributed by atoms with van der Waals surface area (Å²) >= 11 is 0. The van der Waals surface area contributed by atoms with Crippen molar-refractivity contribution in [1.82, 2.24) is 9.62 Å². The Morgan fingerprint density at radius 2 is 1.33 bits per heavy atom. The van der Waals surface area contributed by atoms with Crippen LogP contribution >= 0.6 is 0 Å². The van der Waals surface area contributed by atoms with Crippen LogP contribution in [-0.2, 0) is 14.8 Å². The van der Waals surface area contributed by atoms with Gasteiger partial charge in [-0.3, -0.25) is 10.1 Å². The number of anilines is 1. The largest absolute Gasteiger partial charge is 0.325 e. The number of carbonyl (C=O) groups is 1. The van der Waals surface area contributed by atoms with Gasteiger partial charge in [-0.05, 0) is 55.2 Å². The molecule has 7 heteroatoms. The zero-order valence-corrected chi connectivity index (χ0v) is 19.5. The normalized spacial score (nSPS) is 15.5. The lowest BCUT2D eigenvalue weighted by Gasteiger charge is -2.24. The van der Waals surface area contributed by atoms with Crippen molar-refractivity contribution >= 4 is 21.6 Å². The van der Waals surface area contributed by atoms with Crippen molar-refractivity contribution in [2.75, 3.05) is 18.4 Å². The molecule has 0 aliphatic carbocycles. The Labute approximate surface area is 195 Å². The highest BCUT2D eigenvalue weighted by Gasteiger charge is 2.27. The van der Waals surface area contributed by atoms with E-state index in [-0.39, 0.29) is 16.8 Å². The molecule has 2 N–H and O–H groups in total. The topological polar surface area (TPSA) is 78.5 Å². The van der Waals surface area contributed by atoms with Gasteiger partial charge in [-0.25, -0.2) is 8.42 Å². The van der Waals surface area contributed by atoms with Crippen LogP contribution in [0.15, 0.2) is 89.8 Å². The third kappa shape index (κ3) is 5.50. The van der Waals surface area contributed by atoms with E-state index in [0.717, 1.165) is 24.0 Å². The number of carbonyl (C=O) groups excluding carboxylic acids is 1. The second-order valence-electron chi connectivity index (χ2n) is 8.27. The van der Waals surface area contributed by atoms with Crippen molar-refractivity contribution in [2.45, 2.75) is 36.7 Å². The molecule has 3 aromatic carbocycles. The number of hydrogen-bond acceptors (Lipinski definition) is 4. The zero-order valence-electron chi connectivity index (χ0n) is 18.6. The second kappa shape index (κ2) is 10.3. The van der Waals surface area contributed by atoms with E-state index < -0.39 is 16.1 Å². The summed E-state index contributed by atoms with van der Waals surface area (Å²) in [7, 11) is -3.47. The van der Waals surface area contributed by atoms with Gasteiger partial charge in [0.1, 0.15) is 0 Å². The molecule has 172 valence electrons. The minimum atomic E-state index is -3.47. The summed E-state index contributed by atoms with van der Waals surface area (Å²) in [6.07, 6.45) is 1.79. The lowest BCUT2D eigenvalue weighted by atomic mass is 9.98. The number of rotatable bonds is 8. The Bertz CT molecular complexity index is 1120. The fourth-order valence-corrected chi connectivity index (χ4v) is 5.56. The number of nitrogens with one attached hydrogen (secondary N) is 2. The average Bonchev–Trinajstić information content (AvgIpc) is 3.40. The molecule has 3 aromatic rings. The summed E-state index contributed by atoms with van der Waals surface area (Å²) < 4.78 is 26.9. The SMILES string of the molecule is C[C@H](NC(c1ccccc1)c1ccccc1)C(=O)Nc1ccc(S(=O)(=O)N2CCCC2)cc1. The Hall–Kier alpha value is -3.00. The van der Waals surface area contributed by atoms with Crippen LogP contribution < -0.4 is 10.6 Å². The quantitative estimate of drug-likeness (QED) is 0.525. The molecule has 1 amide bonds. The molecule has 1 aliphatic rings. The third-order valence-electron chi connectivity index (χ3n) is 5.90. The van der Waals surface area contributed by atoms with Gasteiger partial charge >= 0.3 is 0 Å². The second-order valence-corrected chi connectivity index (χ2v) is 10.2. The minimum Gasteiger partial charge on any atom is -0.325 e. The summed E-state index contributed by atoms with van der Waals surface area (Å²) in [5.41, 5.74) is 2.70. The fourth-order valence-electron chi connectivity index (χ4n) is 4.04. The number of sulfonamides is 1. The molecular formula is C26H29N3O3S. The van der Waals surface area contributed by atoms with E-state index in [1.807, 2.05) is 67.6 Å². The highest BCUT2D eigenvalue weighted by molar-refractivity contribution is 7.89. The van der Waals surface area contributed by atoms with Gasteiger partial charge in [-0.2, -0.15) is 4.31 Å². The van der Waals surface area contributed by atoms with Crippen LogP contribution in [0, 0.1) is 0 Å². The highest BCUT2D eigenvalue weighted by atomic mass is 32.2. The molecule has 0 unspecified atom stereocenters. The number of hydrogen-bond donors (Lipinski definition) is 2. The van der Waals surface area contributed by atoms with E-state index in [4.69, 9.17) is 0 Å². The molecule has 1 aliphatic heterocycles. The smallest absolute Gasteiger partial charge is 0.243 e. The molecule has 0 spiro atoms. The van der Waals surface area contributed by atoms with Crippen LogP contribution in [0.2, 0.25) is 0 Å².